The molecule has 0 spiro atoms. The minimum Gasteiger partial charge on any atom is -0.492 e. The molecule has 4 nitrogen and oxygen atoms in total. The normalized spacial score (nSPS) is 15.0. The van der Waals surface area contributed by atoms with Crippen LogP contribution in [-0.4, -0.2) is 32.1 Å². The van der Waals surface area contributed by atoms with Gasteiger partial charge < -0.3 is 15.4 Å². The molecule has 6 heteroatoms. The van der Waals surface area contributed by atoms with Crippen LogP contribution < -0.4 is 15.4 Å². The first kappa shape index (κ1) is 19.3. The molecule has 1 aromatic carbocycles. The molecule has 0 aromatic heterocycles. The third-order valence-corrected chi connectivity index (χ3v) is 4.22. The topological polar surface area (TPSA) is 50.4 Å². The quantitative estimate of drug-likeness (QED) is 0.702. The summed E-state index contributed by atoms with van der Waals surface area (Å²) in [6.45, 7) is 3.23. The molecule has 124 valence electrons. The number of nitrogens with one attached hydrogen (secondary N) is 2. The molecule has 0 radical (unpaired) electrons. The van der Waals surface area contributed by atoms with Crippen LogP contribution in [0, 0.1) is 5.92 Å². The second-order valence-corrected chi connectivity index (χ2v) is 6.30. The summed E-state index contributed by atoms with van der Waals surface area (Å²) in [6, 6.07) is 7.70. The first-order valence-electron chi connectivity index (χ1n) is 7.60. The van der Waals surface area contributed by atoms with Gasteiger partial charge in [0.2, 0.25) is 5.91 Å². The van der Waals surface area contributed by atoms with Crippen molar-refractivity contribution in [3.63, 3.8) is 0 Å². The summed E-state index contributed by atoms with van der Waals surface area (Å²) in [5.41, 5.74) is 0. The van der Waals surface area contributed by atoms with Gasteiger partial charge in [-0.15, -0.1) is 12.4 Å². The Morgan fingerprint density at radius 1 is 1.36 bits per heavy atom. The molecule has 1 amide bonds. The van der Waals surface area contributed by atoms with Gasteiger partial charge in [-0.1, -0.05) is 22.0 Å². The molecule has 22 heavy (non-hydrogen) atoms. The highest BCUT2D eigenvalue weighted by atomic mass is 79.9. The maximum Gasteiger partial charge on any atom is 0.220 e. The number of ether oxygens (including phenoxy) is 1. The Morgan fingerprint density at radius 3 is 2.86 bits per heavy atom. The molecule has 0 aliphatic carbocycles. The Morgan fingerprint density at radius 2 is 2.14 bits per heavy atom. The van der Waals surface area contributed by atoms with E-state index in [1.165, 1.54) is 12.8 Å². The van der Waals surface area contributed by atoms with E-state index in [4.69, 9.17) is 4.74 Å². The molecule has 0 saturated carbocycles. The second-order valence-electron chi connectivity index (χ2n) is 5.39. The molecule has 1 fully saturated rings. The third kappa shape index (κ3) is 7.47. The van der Waals surface area contributed by atoms with E-state index in [2.05, 4.69) is 26.6 Å². The predicted molar refractivity (Wildman–Crippen MR) is 94.7 cm³/mol. The first-order valence-corrected chi connectivity index (χ1v) is 8.39. The van der Waals surface area contributed by atoms with Gasteiger partial charge in [0.15, 0.2) is 0 Å². The number of hydrogen-bond acceptors (Lipinski definition) is 3. The van der Waals surface area contributed by atoms with Crippen LogP contribution in [0.25, 0.3) is 0 Å². The van der Waals surface area contributed by atoms with Crippen molar-refractivity contribution in [2.24, 2.45) is 5.92 Å². The summed E-state index contributed by atoms with van der Waals surface area (Å²) in [7, 11) is 0. The highest BCUT2D eigenvalue weighted by molar-refractivity contribution is 9.10. The third-order valence-electron chi connectivity index (χ3n) is 3.73. The number of halogens is 2. The van der Waals surface area contributed by atoms with Crippen molar-refractivity contribution in [1.29, 1.82) is 0 Å². The van der Waals surface area contributed by atoms with E-state index in [1.807, 2.05) is 24.3 Å². The molecule has 0 unspecified atom stereocenters. The lowest BCUT2D eigenvalue weighted by Crippen LogP contribution is -2.30. The molecule has 0 bridgehead atoms. The van der Waals surface area contributed by atoms with Gasteiger partial charge in [0.1, 0.15) is 12.4 Å². The zero-order chi connectivity index (χ0) is 14.9. The van der Waals surface area contributed by atoms with E-state index in [1.54, 1.807) is 0 Å². The summed E-state index contributed by atoms with van der Waals surface area (Å²) >= 11 is 3.40. The zero-order valence-corrected chi connectivity index (χ0v) is 15.0. The number of hydrogen-bond donors (Lipinski definition) is 2. The molecule has 1 aromatic rings. The number of benzene rings is 1. The Balaban J connectivity index is 0.00000242. The minimum absolute atomic E-state index is 0. The van der Waals surface area contributed by atoms with E-state index in [9.17, 15) is 4.79 Å². The van der Waals surface area contributed by atoms with E-state index >= 15 is 0 Å². The van der Waals surface area contributed by atoms with Gasteiger partial charge in [0.25, 0.3) is 0 Å². The van der Waals surface area contributed by atoms with Crippen molar-refractivity contribution >= 4 is 34.2 Å². The summed E-state index contributed by atoms with van der Waals surface area (Å²) in [4.78, 5) is 11.8. The Labute approximate surface area is 146 Å². The predicted octanol–water partition coefficient (Wildman–Crippen LogP) is 3.15. The number of carbonyl (C=O) groups excluding carboxylic acids is 1. The largest absolute Gasteiger partial charge is 0.492 e. The van der Waals surface area contributed by atoms with Gasteiger partial charge in [0.05, 0.1) is 6.54 Å². The lowest BCUT2D eigenvalue weighted by Gasteiger charge is -2.22. The van der Waals surface area contributed by atoms with Crippen LogP contribution in [-0.2, 0) is 4.79 Å². The Hall–Kier alpha value is -0.780. The summed E-state index contributed by atoms with van der Waals surface area (Å²) < 4.78 is 6.57. The summed E-state index contributed by atoms with van der Waals surface area (Å²) in [6.07, 6.45) is 4.01. The van der Waals surface area contributed by atoms with Crippen molar-refractivity contribution in [3.05, 3.63) is 28.7 Å². The summed E-state index contributed by atoms with van der Waals surface area (Å²) in [5.74, 6) is 1.65. The average molecular weight is 392 g/mol. The van der Waals surface area contributed by atoms with Crippen LogP contribution in [0.15, 0.2) is 28.7 Å². The van der Waals surface area contributed by atoms with Crippen LogP contribution in [0.4, 0.5) is 0 Å². The maximum absolute atomic E-state index is 11.8. The van der Waals surface area contributed by atoms with Crippen molar-refractivity contribution in [2.75, 3.05) is 26.2 Å². The maximum atomic E-state index is 11.8. The van der Waals surface area contributed by atoms with E-state index in [-0.39, 0.29) is 18.3 Å². The fourth-order valence-corrected chi connectivity index (χ4v) is 2.89. The van der Waals surface area contributed by atoms with Crippen molar-refractivity contribution < 1.29 is 9.53 Å². The molecular formula is C16H24BrClN2O2. The van der Waals surface area contributed by atoms with Crippen molar-refractivity contribution in [3.8, 4) is 5.75 Å². The van der Waals surface area contributed by atoms with Crippen molar-refractivity contribution in [1.82, 2.24) is 10.6 Å². The second kappa shape index (κ2) is 10.9. The van der Waals surface area contributed by atoms with E-state index in [0.29, 0.717) is 25.5 Å². The average Bonchev–Trinajstić information content (AvgIpc) is 2.51. The molecule has 1 aliphatic rings. The summed E-state index contributed by atoms with van der Waals surface area (Å²) in [5, 5.41) is 6.26. The van der Waals surface area contributed by atoms with Crippen LogP contribution >= 0.6 is 28.3 Å². The molecule has 0 atom stereocenters. The highest BCUT2D eigenvalue weighted by Gasteiger charge is 2.14. The lowest BCUT2D eigenvalue weighted by atomic mass is 9.93. The molecular weight excluding hydrogens is 368 g/mol. The first-order chi connectivity index (χ1) is 10.2. The number of carbonyl (C=O) groups is 1. The van der Waals surface area contributed by atoms with Gasteiger partial charge in [-0.3, -0.25) is 4.79 Å². The monoisotopic (exact) mass is 390 g/mol. The van der Waals surface area contributed by atoms with Crippen LogP contribution in [0.3, 0.4) is 0 Å². The standard InChI is InChI=1S/C16H23BrN2O2.ClH/c17-14-2-1-3-15(12-14)21-11-10-19-16(20)5-4-13-6-8-18-9-7-13;/h1-3,12-13,18H,4-11H2,(H,19,20);1H. The molecule has 1 heterocycles. The fraction of sp³-hybridized carbons (Fsp3) is 0.562. The lowest BCUT2D eigenvalue weighted by molar-refractivity contribution is -0.121. The van der Waals surface area contributed by atoms with Crippen LogP contribution in [0.2, 0.25) is 0 Å². The van der Waals surface area contributed by atoms with Gasteiger partial charge in [-0.2, -0.15) is 0 Å². The van der Waals surface area contributed by atoms with E-state index < -0.39 is 0 Å². The van der Waals surface area contributed by atoms with Crippen molar-refractivity contribution in [2.45, 2.75) is 25.7 Å². The molecule has 1 aliphatic heterocycles. The van der Waals surface area contributed by atoms with Crippen LogP contribution in [0.5, 0.6) is 5.75 Å². The minimum atomic E-state index is 0. The number of piperidine rings is 1. The number of rotatable bonds is 7. The molecule has 2 rings (SSSR count). The Kier molecular flexibility index (Phi) is 9.52. The van der Waals surface area contributed by atoms with Crippen LogP contribution in [0.1, 0.15) is 25.7 Å². The van der Waals surface area contributed by atoms with E-state index in [0.717, 1.165) is 29.7 Å². The van der Waals surface area contributed by atoms with Gasteiger partial charge in [-0.05, 0) is 56.5 Å². The Bertz CT molecular complexity index is 454. The highest BCUT2D eigenvalue weighted by Crippen LogP contribution is 2.18. The SMILES string of the molecule is Cl.O=C(CCC1CCNCC1)NCCOc1cccc(Br)c1. The number of amides is 1. The van der Waals surface area contributed by atoms with Gasteiger partial charge in [0, 0.05) is 10.9 Å². The fourth-order valence-electron chi connectivity index (χ4n) is 2.51. The molecule has 2 N–H and O–H groups in total. The van der Waals surface area contributed by atoms with Gasteiger partial charge >= 0.3 is 0 Å². The zero-order valence-electron chi connectivity index (χ0n) is 12.6. The molecule has 1 saturated heterocycles. The van der Waals surface area contributed by atoms with Gasteiger partial charge in [-0.25, -0.2) is 0 Å². The smallest absolute Gasteiger partial charge is 0.220 e.